The Hall–Kier alpha value is -0.990. The maximum atomic E-state index is 5.99. The third-order valence-electron chi connectivity index (χ3n) is 3.55. The normalized spacial score (nSPS) is 17.1. The van der Waals surface area contributed by atoms with Crippen LogP contribution >= 0.6 is 0 Å². The predicted octanol–water partition coefficient (Wildman–Crippen LogP) is 3.00. The van der Waals surface area contributed by atoms with Gasteiger partial charge in [-0.3, -0.25) is 0 Å². The standard InChI is InChI=1S/C13H23N3/c1-2-3-8-12-9-13(14)16(15-12)10-11-6-4-5-7-11/h9,11H,2-8,10,14H2,1H3. The Balaban J connectivity index is 1.94. The van der Waals surface area contributed by atoms with Crippen molar-refractivity contribution < 1.29 is 0 Å². The van der Waals surface area contributed by atoms with Gasteiger partial charge in [0.2, 0.25) is 0 Å². The molecule has 1 saturated carbocycles. The number of aromatic nitrogens is 2. The van der Waals surface area contributed by atoms with E-state index in [2.05, 4.69) is 12.0 Å². The van der Waals surface area contributed by atoms with Crippen LogP contribution in [0.1, 0.15) is 51.1 Å². The molecular formula is C13H23N3. The smallest absolute Gasteiger partial charge is 0.121 e. The van der Waals surface area contributed by atoms with E-state index in [0.29, 0.717) is 0 Å². The van der Waals surface area contributed by atoms with E-state index < -0.39 is 0 Å². The van der Waals surface area contributed by atoms with Crippen LogP contribution in [0, 0.1) is 5.92 Å². The van der Waals surface area contributed by atoms with E-state index in [0.717, 1.165) is 30.4 Å². The Bertz CT molecular complexity index is 324. The Morgan fingerprint density at radius 3 is 2.88 bits per heavy atom. The van der Waals surface area contributed by atoms with Gasteiger partial charge in [-0.25, -0.2) is 4.68 Å². The Kier molecular flexibility index (Phi) is 3.86. The van der Waals surface area contributed by atoms with Crippen molar-refractivity contribution in [2.75, 3.05) is 5.73 Å². The second kappa shape index (κ2) is 5.37. The lowest BCUT2D eigenvalue weighted by Gasteiger charge is -2.09. The van der Waals surface area contributed by atoms with Gasteiger partial charge in [-0.1, -0.05) is 26.2 Å². The van der Waals surface area contributed by atoms with Crippen LogP contribution in [0.3, 0.4) is 0 Å². The summed E-state index contributed by atoms with van der Waals surface area (Å²) in [6, 6.07) is 2.05. The van der Waals surface area contributed by atoms with E-state index in [9.17, 15) is 0 Å². The van der Waals surface area contributed by atoms with E-state index in [1.54, 1.807) is 0 Å². The van der Waals surface area contributed by atoms with Gasteiger partial charge in [-0.2, -0.15) is 5.10 Å². The van der Waals surface area contributed by atoms with Gasteiger partial charge in [0.15, 0.2) is 0 Å². The molecule has 0 bridgehead atoms. The zero-order valence-electron chi connectivity index (χ0n) is 10.3. The summed E-state index contributed by atoms with van der Waals surface area (Å²) in [6.07, 6.45) is 8.96. The SMILES string of the molecule is CCCCc1cc(N)n(CC2CCCC2)n1. The summed E-state index contributed by atoms with van der Waals surface area (Å²) in [4.78, 5) is 0. The van der Waals surface area contributed by atoms with Crippen LogP contribution in [0.15, 0.2) is 6.07 Å². The molecule has 1 aromatic rings. The first-order valence-electron chi connectivity index (χ1n) is 6.61. The van der Waals surface area contributed by atoms with Gasteiger partial charge in [-0.15, -0.1) is 0 Å². The van der Waals surface area contributed by atoms with Gasteiger partial charge >= 0.3 is 0 Å². The number of nitrogens with zero attached hydrogens (tertiary/aromatic N) is 2. The lowest BCUT2D eigenvalue weighted by molar-refractivity contribution is 0.430. The molecule has 0 atom stereocenters. The third-order valence-corrected chi connectivity index (χ3v) is 3.55. The fraction of sp³-hybridized carbons (Fsp3) is 0.769. The molecule has 1 fully saturated rings. The number of rotatable bonds is 5. The molecule has 0 amide bonds. The number of hydrogen-bond acceptors (Lipinski definition) is 2. The Morgan fingerprint density at radius 2 is 2.19 bits per heavy atom. The van der Waals surface area contributed by atoms with Crippen LogP contribution in [0.4, 0.5) is 5.82 Å². The second-order valence-corrected chi connectivity index (χ2v) is 5.00. The highest BCUT2D eigenvalue weighted by Crippen LogP contribution is 2.26. The van der Waals surface area contributed by atoms with E-state index in [1.807, 2.05) is 10.7 Å². The summed E-state index contributed by atoms with van der Waals surface area (Å²) in [7, 11) is 0. The summed E-state index contributed by atoms with van der Waals surface area (Å²) >= 11 is 0. The average Bonchev–Trinajstić information content (AvgIpc) is 2.87. The molecule has 3 heteroatoms. The Labute approximate surface area is 98.0 Å². The summed E-state index contributed by atoms with van der Waals surface area (Å²) in [5.41, 5.74) is 7.16. The first-order chi connectivity index (χ1) is 7.79. The van der Waals surface area contributed by atoms with Crippen LogP contribution in [0.2, 0.25) is 0 Å². The zero-order chi connectivity index (χ0) is 11.4. The van der Waals surface area contributed by atoms with Crippen molar-refractivity contribution in [1.29, 1.82) is 0 Å². The van der Waals surface area contributed by atoms with E-state index >= 15 is 0 Å². The number of nitrogen functional groups attached to an aromatic ring is 1. The molecule has 0 unspecified atom stereocenters. The lowest BCUT2D eigenvalue weighted by Crippen LogP contribution is -2.11. The van der Waals surface area contributed by atoms with Crippen molar-refractivity contribution in [3.8, 4) is 0 Å². The monoisotopic (exact) mass is 221 g/mol. The summed E-state index contributed by atoms with van der Waals surface area (Å²) in [5.74, 6) is 1.65. The number of aryl methyl sites for hydroxylation is 1. The number of anilines is 1. The minimum absolute atomic E-state index is 0.807. The molecule has 0 spiro atoms. The molecule has 0 aromatic carbocycles. The van der Waals surface area contributed by atoms with Crippen molar-refractivity contribution in [3.63, 3.8) is 0 Å². The molecule has 16 heavy (non-hydrogen) atoms. The van der Waals surface area contributed by atoms with Crippen LogP contribution in [-0.4, -0.2) is 9.78 Å². The first kappa shape index (κ1) is 11.5. The molecule has 1 aliphatic rings. The summed E-state index contributed by atoms with van der Waals surface area (Å²) < 4.78 is 2.01. The predicted molar refractivity (Wildman–Crippen MR) is 67.2 cm³/mol. The first-order valence-corrected chi connectivity index (χ1v) is 6.61. The maximum Gasteiger partial charge on any atom is 0.121 e. The second-order valence-electron chi connectivity index (χ2n) is 5.00. The minimum Gasteiger partial charge on any atom is -0.384 e. The van der Waals surface area contributed by atoms with Crippen molar-refractivity contribution in [3.05, 3.63) is 11.8 Å². The van der Waals surface area contributed by atoms with Gasteiger partial charge in [0.1, 0.15) is 5.82 Å². The van der Waals surface area contributed by atoms with Crippen LogP contribution in [-0.2, 0) is 13.0 Å². The fourth-order valence-electron chi connectivity index (χ4n) is 2.55. The number of nitrogens with two attached hydrogens (primary N) is 1. The number of hydrogen-bond donors (Lipinski definition) is 1. The van der Waals surface area contributed by atoms with Gasteiger partial charge in [0, 0.05) is 12.6 Å². The largest absolute Gasteiger partial charge is 0.384 e. The van der Waals surface area contributed by atoms with Crippen molar-refractivity contribution in [2.45, 2.75) is 58.4 Å². The molecular weight excluding hydrogens is 198 g/mol. The molecule has 0 radical (unpaired) electrons. The highest BCUT2D eigenvalue weighted by molar-refractivity contribution is 5.30. The fourth-order valence-corrected chi connectivity index (χ4v) is 2.55. The van der Waals surface area contributed by atoms with E-state index in [1.165, 1.54) is 38.5 Å². The topological polar surface area (TPSA) is 43.8 Å². The maximum absolute atomic E-state index is 5.99. The zero-order valence-corrected chi connectivity index (χ0v) is 10.3. The molecule has 1 aliphatic carbocycles. The summed E-state index contributed by atoms with van der Waals surface area (Å²) in [5, 5.41) is 4.60. The van der Waals surface area contributed by atoms with Crippen molar-refractivity contribution >= 4 is 5.82 Å². The molecule has 2 N–H and O–H groups in total. The lowest BCUT2D eigenvalue weighted by atomic mass is 10.1. The Morgan fingerprint density at radius 1 is 1.44 bits per heavy atom. The van der Waals surface area contributed by atoms with E-state index in [4.69, 9.17) is 5.73 Å². The van der Waals surface area contributed by atoms with Crippen molar-refractivity contribution in [2.24, 2.45) is 5.92 Å². The van der Waals surface area contributed by atoms with Gasteiger partial charge in [-0.05, 0) is 31.6 Å². The minimum atomic E-state index is 0.807. The quantitative estimate of drug-likeness (QED) is 0.830. The van der Waals surface area contributed by atoms with E-state index in [-0.39, 0.29) is 0 Å². The molecule has 1 aromatic heterocycles. The third kappa shape index (κ3) is 2.77. The van der Waals surface area contributed by atoms with Crippen LogP contribution in [0.5, 0.6) is 0 Å². The van der Waals surface area contributed by atoms with Gasteiger partial charge < -0.3 is 5.73 Å². The van der Waals surface area contributed by atoms with Gasteiger partial charge in [0.25, 0.3) is 0 Å². The molecule has 1 heterocycles. The number of unbranched alkanes of at least 4 members (excludes halogenated alkanes) is 1. The summed E-state index contributed by atoms with van der Waals surface area (Å²) in [6.45, 7) is 3.23. The molecule has 2 rings (SSSR count). The highest BCUT2D eigenvalue weighted by Gasteiger charge is 2.17. The molecule has 90 valence electrons. The van der Waals surface area contributed by atoms with Crippen molar-refractivity contribution in [1.82, 2.24) is 9.78 Å². The van der Waals surface area contributed by atoms with Crippen LogP contribution < -0.4 is 5.73 Å². The average molecular weight is 221 g/mol. The molecule has 3 nitrogen and oxygen atoms in total. The molecule has 0 aliphatic heterocycles. The van der Waals surface area contributed by atoms with Gasteiger partial charge in [0.05, 0.1) is 5.69 Å². The molecule has 0 saturated heterocycles. The van der Waals surface area contributed by atoms with Crippen LogP contribution in [0.25, 0.3) is 0 Å². The highest BCUT2D eigenvalue weighted by atomic mass is 15.3.